The zero-order valence-corrected chi connectivity index (χ0v) is 19.1. The fourth-order valence-corrected chi connectivity index (χ4v) is 3.87. The molecular formula is C15H19N5O12S2. The normalized spacial score (nSPS) is 19.1. The Balaban J connectivity index is 2.20. The third kappa shape index (κ3) is 6.73. The molecule has 0 bridgehead atoms. The second-order valence-electron chi connectivity index (χ2n) is 6.29. The summed E-state index contributed by atoms with van der Waals surface area (Å²) in [5.41, 5.74) is 4.80. The molecule has 1 aliphatic heterocycles. The number of β-lactam (4-membered cyclic amide) rings is 1. The number of carboxylic acids is 1. The molecule has 2 heterocycles. The number of methoxy groups -OCH3 is 1. The van der Waals surface area contributed by atoms with Crippen LogP contribution in [0.1, 0.15) is 12.6 Å². The SMILES string of the molecule is COC(C)OC(=O)OC[C@H]1[C@@H](NC(=O)/C(=N\OCC(=O)O)c2csc(N)n2)C(=O)N1S(=O)(=O)O. The Hall–Kier alpha value is -3.55. The van der Waals surface area contributed by atoms with E-state index in [1.165, 1.54) is 19.4 Å². The van der Waals surface area contributed by atoms with Gasteiger partial charge in [0.15, 0.2) is 10.8 Å². The number of nitrogens with two attached hydrogens (primary N) is 1. The van der Waals surface area contributed by atoms with Crippen molar-refractivity contribution in [3.63, 3.8) is 0 Å². The molecule has 17 nitrogen and oxygen atoms in total. The Morgan fingerprint density at radius 1 is 1.41 bits per heavy atom. The smallest absolute Gasteiger partial charge is 0.479 e. The van der Waals surface area contributed by atoms with Gasteiger partial charge in [-0.1, -0.05) is 5.16 Å². The quantitative estimate of drug-likeness (QED) is 0.0620. The van der Waals surface area contributed by atoms with Gasteiger partial charge in [-0.3, -0.25) is 14.1 Å². The van der Waals surface area contributed by atoms with Gasteiger partial charge in [-0.15, -0.1) is 11.3 Å². The molecule has 34 heavy (non-hydrogen) atoms. The highest BCUT2D eigenvalue weighted by Gasteiger charge is 2.55. The van der Waals surface area contributed by atoms with Gasteiger partial charge in [0.2, 0.25) is 12.9 Å². The number of rotatable bonds is 11. The third-order valence-corrected chi connectivity index (χ3v) is 5.62. The van der Waals surface area contributed by atoms with Crippen molar-refractivity contribution in [3.8, 4) is 0 Å². The van der Waals surface area contributed by atoms with Gasteiger partial charge in [-0.25, -0.2) is 18.9 Å². The molecule has 0 saturated carbocycles. The van der Waals surface area contributed by atoms with E-state index in [9.17, 15) is 32.1 Å². The van der Waals surface area contributed by atoms with Crippen LogP contribution in [0.2, 0.25) is 0 Å². The highest BCUT2D eigenvalue weighted by molar-refractivity contribution is 7.84. The largest absolute Gasteiger partial charge is 0.510 e. The number of aliphatic carboxylic acids is 1. The Morgan fingerprint density at radius 3 is 2.62 bits per heavy atom. The number of nitrogens with one attached hydrogen (secondary N) is 1. The maximum absolute atomic E-state index is 12.7. The van der Waals surface area contributed by atoms with Gasteiger partial charge < -0.3 is 35.2 Å². The molecule has 188 valence electrons. The molecule has 2 rings (SSSR count). The number of ether oxygens (including phenoxy) is 3. The average molecular weight is 525 g/mol. The summed E-state index contributed by atoms with van der Waals surface area (Å²) in [4.78, 5) is 55.7. The number of oxime groups is 1. The summed E-state index contributed by atoms with van der Waals surface area (Å²) in [6.07, 6.45) is -2.28. The van der Waals surface area contributed by atoms with Gasteiger partial charge in [0.05, 0.1) is 0 Å². The van der Waals surface area contributed by atoms with Crippen molar-refractivity contribution in [2.45, 2.75) is 25.3 Å². The maximum atomic E-state index is 12.7. The van der Waals surface area contributed by atoms with Crippen molar-refractivity contribution in [2.24, 2.45) is 5.16 Å². The number of anilines is 1. The number of aromatic nitrogens is 1. The second kappa shape index (κ2) is 11.0. The van der Waals surface area contributed by atoms with Crippen LogP contribution in [-0.4, -0.2) is 95.7 Å². The number of thiazole rings is 1. The zero-order chi connectivity index (χ0) is 25.6. The van der Waals surface area contributed by atoms with Crippen LogP contribution in [0.4, 0.5) is 9.93 Å². The van der Waals surface area contributed by atoms with E-state index in [4.69, 9.17) is 20.3 Å². The Morgan fingerprint density at radius 2 is 2.09 bits per heavy atom. The molecule has 0 radical (unpaired) electrons. The number of carboxylic acid groups (broad SMARTS) is 1. The number of nitrogen functional groups attached to an aromatic ring is 1. The van der Waals surface area contributed by atoms with E-state index in [0.29, 0.717) is 0 Å². The summed E-state index contributed by atoms with van der Waals surface area (Å²) < 4.78 is 46.4. The van der Waals surface area contributed by atoms with Gasteiger partial charge in [0, 0.05) is 12.5 Å². The van der Waals surface area contributed by atoms with Crippen LogP contribution in [-0.2, 0) is 43.7 Å². The lowest BCUT2D eigenvalue weighted by Crippen LogP contribution is -2.73. The predicted molar refractivity (Wildman–Crippen MR) is 110 cm³/mol. The monoisotopic (exact) mass is 525 g/mol. The summed E-state index contributed by atoms with van der Waals surface area (Å²) in [6, 6.07) is -3.17. The van der Waals surface area contributed by atoms with Crippen molar-refractivity contribution in [2.75, 3.05) is 26.1 Å². The van der Waals surface area contributed by atoms with Crippen LogP contribution >= 0.6 is 11.3 Å². The zero-order valence-electron chi connectivity index (χ0n) is 17.4. The summed E-state index contributed by atoms with van der Waals surface area (Å²) in [6.45, 7) is -0.356. The van der Waals surface area contributed by atoms with Gasteiger partial charge in [0.25, 0.3) is 11.8 Å². The molecule has 3 atom stereocenters. The molecule has 0 aromatic carbocycles. The first kappa shape index (κ1) is 26.7. The third-order valence-electron chi connectivity index (χ3n) is 3.99. The van der Waals surface area contributed by atoms with Gasteiger partial charge in [0.1, 0.15) is 24.4 Å². The van der Waals surface area contributed by atoms with Crippen LogP contribution in [0.5, 0.6) is 0 Å². The van der Waals surface area contributed by atoms with Crippen molar-refractivity contribution in [1.82, 2.24) is 14.6 Å². The molecule has 1 fully saturated rings. The second-order valence-corrected chi connectivity index (χ2v) is 8.47. The number of carbonyl (C=O) groups is 4. The minimum Gasteiger partial charge on any atom is -0.479 e. The lowest BCUT2D eigenvalue weighted by Gasteiger charge is -2.43. The minimum absolute atomic E-state index is 0.0104. The van der Waals surface area contributed by atoms with Crippen molar-refractivity contribution < 1.29 is 56.3 Å². The topological polar surface area (TPSA) is 246 Å². The van der Waals surface area contributed by atoms with Crippen LogP contribution < -0.4 is 11.1 Å². The predicted octanol–water partition coefficient (Wildman–Crippen LogP) is -1.83. The van der Waals surface area contributed by atoms with Crippen LogP contribution in [0.3, 0.4) is 0 Å². The number of hydrogen-bond donors (Lipinski definition) is 4. The maximum Gasteiger partial charge on any atom is 0.510 e. The Labute approximate surface area is 195 Å². The van der Waals surface area contributed by atoms with Crippen molar-refractivity contribution >= 4 is 56.4 Å². The molecule has 1 aromatic rings. The standard InChI is InChI=1S/C15H19N5O12S2/c1-6(29-2)32-15(25)30-3-8-11(13(24)20(8)34(26,27)28)18-12(23)10(19-31-4-9(21)22)7-5-33-14(16)17-7/h5-6,8,11H,3-4H2,1-2H3,(H2,16,17)(H,18,23)(H,21,22)(H,26,27,28)/b19-10-/t6?,8-,11+/m0/s1. The highest BCUT2D eigenvalue weighted by atomic mass is 32.2. The first-order valence-corrected chi connectivity index (χ1v) is 11.2. The van der Waals surface area contributed by atoms with Crippen LogP contribution in [0.15, 0.2) is 10.5 Å². The fourth-order valence-electron chi connectivity index (χ4n) is 2.46. The van der Waals surface area contributed by atoms with Gasteiger partial charge in [-0.2, -0.15) is 8.42 Å². The summed E-state index contributed by atoms with van der Waals surface area (Å²) >= 11 is 0.916. The summed E-state index contributed by atoms with van der Waals surface area (Å²) in [7, 11) is -3.83. The first-order valence-electron chi connectivity index (χ1n) is 8.96. The fraction of sp³-hybridized carbons (Fsp3) is 0.467. The number of amides is 2. The molecule has 1 aliphatic rings. The van der Waals surface area contributed by atoms with E-state index in [1.54, 1.807) is 0 Å². The highest BCUT2D eigenvalue weighted by Crippen LogP contribution is 2.24. The van der Waals surface area contributed by atoms with Gasteiger partial charge in [-0.05, 0) is 6.92 Å². The summed E-state index contributed by atoms with van der Waals surface area (Å²) in [5, 5.41) is 15.5. The number of nitrogens with zero attached hydrogens (tertiary/aromatic N) is 3. The van der Waals surface area contributed by atoms with E-state index in [0.717, 1.165) is 11.3 Å². The van der Waals surface area contributed by atoms with E-state index >= 15 is 0 Å². The molecule has 2 amide bonds. The van der Waals surface area contributed by atoms with Crippen LogP contribution in [0.25, 0.3) is 0 Å². The molecule has 19 heteroatoms. The first-order chi connectivity index (χ1) is 15.8. The molecule has 1 saturated heterocycles. The molecular weight excluding hydrogens is 506 g/mol. The lowest BCUT2D eigenvalue weighted by molar-refractivity contribution is -0.148. The van der Waals surface area contributed by atoms with Crippen LogP contribution in [0, 0.1) is 0 Å². The van der Waals surface area contributed by atoms with E-state index in [-0.39, 0.29) is 15.1 Å². The lowest BCUT2D eigenvalue weighted by atomic mass is 9.99. The minimum atomic E-state index is -5.07. The molecule has 1 unspecified atom stereocenters. The number of hydrogen-bond acceptors (Lipinski definition) is 14. The van der Waals surface area contributed by atoms with E-state index in [1.807, 2.05) is 0 Å². The van der Waals surface area contributed by atoms with Crippen molar-refractivity contribution in [1.29, 1.82) is 0 Å². The summed E-state index contributed by atoms with van der Waals surface area (Å²) in [5.74, 6) is -3.79. The van der Waals surface area contributed by atoms with E-state index in [2.05, 4.69) is 25.0 Å². The Kier molecular flexibility index (Phi) is 8.68. The number of carbonyl (C=O) groups excluding carboxylic acids is 3. The molecule has 0 spiro atoms. The van der Waals surface area contributed by atoms with Crippen molar-refractivity contribution in [3.05, 3.63) is 11.1 Å². The molecule has 0 aliphatic carbocycles. The Bertz CT molecular complexity index is 1090. The molecule has 5 N–H and O–H groups in total. The molecule has 1 aromatic heterocycles. The average Bonchev–Trinajstić information content (AvgIpc) is 3.16. The van der Waals surface area contributed by atoms with E-state index < -0.39 is 71.5 Å². The van der Waals surface area contributed by atoms with Gasteiger partial charge >= 0.3 is 22.4 Å².